The Kier molecular flexibility index (Phi) is 3.12. The third-order valence-corrected chi connectivity index (χ3v) is 3.72. The van der Waals surface area contributed by atoms with Crippen LogP contribution in [0.25, 0.3) is 5.65 Å². The van der Waals surface area contributed by atoms with Crippen molar-refractivity contribution in [2.75, 3.05) is 13.1 Å². The number of aryl methyl sites for hydroxylation is 2. The first-order valence-electron chi connectivity index (χ1n) is 6.78. The topological polar surface area (TPSA) is 87.8 Å². The summed E-state index contributed by atoms with van der Waals surface area (Å²) in [6.07, 6.45) is 1.64. The number of nitrogens with zero attached hydrogens (tertiary/aromatic N) is 4. The quantitative estimate of drug-likeness (QED) is 0.906. The molecule has 0 spiro atoms. The van der Waals surface area contributed by atoms with Crippen molar-refractivity contribution >= 4 is 17.5 Å². The van der Waals surface area contributed by atoms with Gasteiger partial charge in [0, 0.05) is 30.4 Å². The van der Waals surface area contributed by atoms with Gasteiger partial charge in [-0.15, -0.1) is 0 Å². The average molecular weight is 288 g/mol. The summed E-state index contributed by atoms with van der Waals surface area (Å²) in [5.41, 5.74) is 2.78. The van der Waals surface area contributed by atoms with Crippen LogP contribution in [0.2, 0.25) is 0 Å². The largest absolute Gasteiger partial charge is 0.481 e. The highest BCUT2D eigenvalue weighted by Crippen LogP contribution is 2.23. The van der Waals surface area contributed by atoms with Crippen molar-refractivity contribution in [1.82, 2.24) is 19.5 Å². The number of aliphatic carboxylic acids is 1. The van der Waals surface area contributed by atoms with E-state index < -0.39 is 5.97 Å². The van der Waals surface area contributed by atoms with Crippen molar-refractivity contribution in [2.24, 2.45) is 5.92 Å². The van der Waals surface area contributed by atoms with Gasteiger partial charge in [-0.25, -0.2) is 9.50 Å². The fraction of sp³-hybridized carbons (Fsp3) is 0.429. The molecule has 0 radical (unpaired) electrons. The van der Waals surface area contributed by atoms with Gasteiger partial charge in [-0.3, -0.25) is 9.59 Å². The molecule has 1 aliphatic heterocycles. The van der Waals surface area contributed by atoms with E-state index in [1.807, 2.05) is 19.9 Å². The van der Waals surface area contributed by atoms with Crippen molar-refractivity contribution < 1.29 is 14.7 Å². The number of hydrogen-bond donors (Lipinski definition) is 1. The van der Waals surface area contributed by atoms with Crippen LogP contribution < -0.4 is 0 Å². The van der Waals surface area contributed by atoms with Gasteiger partial charge >= 0.3 is 5.97 Å². The third kappa shape index (κ3) is 2.35. The SMILES string of the molecule is Cc1cc(C)n2ncc(C(=O)N3CC(CC(=O)O)C3)c2n1. The fourth-order valence-electron chi connectivity index (χ4n) is 2.70. The summed E-state index contributed by atoms with van der Waals surface area (Å²) in [4.78, 5) is 29.1. The van der Waals surface area contributed by atoms with Gasteiger partial charge in [0.25, 0.3) is 5.91 Å². The van der Waals surface area contributed by atoms with Crippen LogP contribution in [0.4, 0.5) is 0 Å². The predicted octanol–water partition coefficient (Wildman–Crippen LogP) is 0.893. The highest BCUT2D eigenvalue weighted by Gasteiger charge is 2.34. The molecule has 0 unspecified atom stereocenters. The van der Waals surface area contributed by atoms with Crippen molar-refractivity contribution in [1.29, 1.82) is 0 Å². The second kappa shape index (κ2) is 4.83. The van der Waals surface area contributed by atoms with E-state index in [0.717, 1.165) is 11.4 Å². The number of hydrogen-bond acceptors (Lipinski definition) is 4. The minimum Gasteiger partial charge on any atom is -0.481 e. The maximum Gasteiger partial charge on any atom is 0.303 e. The van der Waals surface area contributed by atoms with Crippen LogP contribution in [0.3, 0.4) is 0 Å². The van der Waals surface area contributed by atoms with Crippen LogP contribution in [0, 0.1) is 19.8 Å². The molecular weight excluding hydrogens is 272 g/mol. The summed E-state index contributed by atoms with van der Waals surface area (Å²) in [5, 5.41) is 12.9. The monoisotopic (exact) mass is 288 g/mol. The summed E-state index contributed by atoms with van der Waals surface area (Å²) in [6, 6.07) is 1.90. The minimum absolute atomic E-state index is 0.0460. The summed E-state index contributed by atoms with van der Waals surface area (Å²) < 4.78 is 1.65. The Morgan fingerprint density at radius 3 is 2.76 bits per heavy atom. The molecule has 0 aliphatic carbocycles. The number of carbonyl (C=O) groups excluding carboxylic acids is 1. The molecule has 0 saturated carbocycles. The predicted molar refractivity (Wildman–Crippen MR) is 74.1 cm³/mol. The molecule has 7 heteroatoms. The van der Waals surface area contributed by atoms with Crippen molar-refractivity contribution in [3.63, 3.8) is 0 Å². The normalized spacial score (nSPS) is 15.2. The number of carbonyl (C=O) groups is 2. The zero-order valence-corrected chi connectivity index (χ0v) is 11.9. The van der Waals surface area contributed by atoms with Crippen LogP contribution in [0.1, 0.15) is 28.2 Å². The Hall–Kier alpha value is -2.44. The zero-order valence-electron chi connectivity index (χ0n) is 11.9. The molecule has 3 heterocycles. The molecule has 110 valence electrons. The van der Waals surface area contributed by atoms with Crippen LogP contribution in [-0.4, -0.2) is 49.6 Å². The van der Waals surface area contributed by atoms with E-state index in [4.69, 9.17) is 5.11 Å². The van der Waals surface area contributed by atoms with Gasteiger partial charge in [0.15, 0.2) is 5.65 Å². The van der Waals surface area contributed by atoms with Crippen LogP contribution in [-0.2, 0) is 4.79 Å². The first-order valence-corrected chi connectivity index (χ1v) is 6.78. The Balaban J connectivity index is 1.82. The Bertz CT molecular complexity index is 731. The van der Waals surface area contributed by atoms with Crippen molar-refractivity contribution in [3.8, 4) is 0 Å². The summed E-state index contributed by atoms with van der Waals surface area (Å²) in [7, 11) is 0. The molecule has 1 aliphatic rings. The van der Waals surface area contributed by atoms with Crippen molar-refractivity contribution in [2.45, 2.75) is 20.3 Å². The summed E-state index contributed by atoms with van der Waals surface area (Å²) in [6.45, 7) is 4.75. The Morgan fingerprint density at radius 1 is 1.38 bits per heavy atom. The molecule has 1 amide bonds. The van der Waals surface area contributed by atoms with E-state index in [9.17, 15) is 9.59 Å². The molecule has 1 fully saturated rings. The Labute approximate surface area is 121 Å². The lowest BCUT2D eigenvalue weighted by atomic mass is 9.96. The number of amides is 1. The van der Waals surface area contributed by atoms with E-state index in [-0.39, 0.29) is 18.2 Å². The molecule has 2 aromatic heterocycles. The van der Waals surface area contributed by atoms with Gasteiger partial charge in [-0.05, 0) is 19.9 Å². The number of carboxylic acids is 1. The fourth-order valence-corrected chi connectivity index (χ4v) is 2.70. The summed E-state index contributed by atoms with van der Waals surface area (Å²) in [5.74, 6) is -0.912. The smallest absolute Gasteiger partial charge is 0.303 e. The second-order valence-electron chi connectivity index (χ2n) is 5.51. The van der Waals surface area contributed by atoms with Gasteiger partial charge in [-0.1, -0.05) is 0 Å². The average Bonchev–Trinajstić information content (AvgIpc) is 2.76. The number of likely N-dealkylation sites (tertiary alicyclic amines) is 1. The van der Waals surface area contributed by atoms with E-state index in [1.54, 1.807) is 9.42 Å². The number of carboxylic acid groups (broad SMARTS) is 1. The molecular formula is C14H16N4O3. The van der Waals surface area contributed by atoms with E-state index in [0.29, 0.717) is 24.3 Å². The van der Waals surface area contributed by atoms with Crippen LogP contribution in [0.15, 0.2) is 12.3 Å². The molecule has 3 rings (SSSR count). The molecule has 2 aromatic rings. The highest BCUT2D eigenvalue weighted by molar-refractivity contribution is 6.00. The minimum atomic E-state index is -0.823. The standard InChI is InChI=1S/C14H16N4O3/c1-8-3-9(2)18-13(16-8)11(5-15-18)14(21)17-6-10(7-17)4-12(19)20/h3,5,10H,4,6-7H2,1-2H3,(H,19,20). The first kappa shape index (κ1) is 13.5. The molecule has 7 nitrogen and oxygen atoms in total. The van der Waals surface area contributed by atoms with E-state index >= 15 is 0 Å². The van der Waals surface area contributed by atoms with Gasteiger partial charge in [-0.2, -0.15) is 5.10 Å². The lowest BCUT2D eigenvalue weighted by Crippen LogP contribution is -2.50. The number of aromatic nitrogens is 3. The Morgan fingerprint density at radius 2 is 2.10 bits per heavy atom. The maximum atomic E-state index is 12.4. The third-order valence-electron chi connectivity index (χ3n) is 3.72. The van der Waals surface area contributed by atoms with E-state index in [1.165, 1.54) is 6.20 Å². The van der Waals surface area contributed by atoms with E-state index in [2.05, 4.69) is 10.1 Å². The van der Waals surface area contributed by atoms with Crippen molar-refractivity contribution in [3.05, 3.63) is 29.2 Å². The molecule has 1 saturated heterocycles. The molecule has 0 bridgehead atoms. The first-order chi connectivity index (χ1) is 9.95. The summed E-state index contributed by atoms with van der Waals surface area (Å²) >= 11 is 0. The highest BCUT2D eigenvalue weighted by atomic mass is 16.4. The molecule has 1 N–H and O–H groups in total. The van der Waals surface area contributed by atoms with Gasteiger partial charge in [0.2, 0.25) is 0 Å². The number of fused-ring (bicyclic) bond motifs is 1. The number of rotatable bonds is 3. The van der Waals surface area contributed by atoms with Gasteiger partial charge in [0.1, 0.15) is 5.56 Å². The molecule has 0 aromatic carbocycles. The van der Waals surface area contributed by atoms with Crippen LogP contribution >= 0.6 is 0 Å². The molecule has 21 heavy (non-hydrogen) atoms. The second-order valence-corrected chi connectivity index (χ2v) is 5.51. The van der Waals surface area contributed by atoms with Gasteiger partial charge < -0.3 is 10.0 Å². The van der Waals surface area contributed by atoms with Gasteiger partial charge in [0.05, 0.1) is 12.6 Å². The lowest BCUT2D eigenvalue weighted by molar-refractivity contribution is -0.139. The zero-order chi connectivity index (χ0) is 15.1. The maximum absolute atomic E-state index is 12.4. The molecule has 0 atom stereocenters. The van der Waals surface area contributed by atoms with Crippen LogP contribution in [0.5, 0.6) is 0 Å². The lowest BCUT2D eigenvalue weighted by Gasteiger charge is -2.38.